The second kappa shape index (κ2) is 42.8. The molecule has 0 aromatic heterocycles. The number of carboxylic acids is 1. The Morgan fingerprint density at radius 3 is 0.944 bits per heavy atom. The second-order valence-electron chi connectivity index (χ2n) is 1.03. The molecule has 0 unspecified atom stereocenters. The van der Waals surface area contributed by atoms with Crippen LogP contribution in [0.4, 0.5) is 0 Å². The zero-order valence-electron chi connectivity index (χ0n) is 8.15. The van der Waals surface area contributed by atoms with Crippen LogP contribution in [0.15, 0.2) is 0 Å². The van der Waals surface area contributed by atoms with Crippen molar-refractivity contribution in [3.8, 4) is 0 Å². The van der Waals surface area contributed by atoms with Gasteiger partial charge in [0.25, 0.3) is 0 Å². The minimum atomic E-state index is -3.29. The van der Waals surface area contributed by atoms with E-state index in [1.54, 1.807) is 0 Å². The fourth-order valence-corrected chi connectivity index (χ4v) is 0. The number of rotatable bonds is 1. The molecule has 0 radical (unpaired) electrons. The van der Waals surface area contributed by atoms with Gasteiger partial charge in [0.15, 0.2) is 17.4 Å². The van der Waals surface area contributed by atoms with Crippen molar-refractivity contribution in [1.29, 1.82) is 0 Å². The van der Waals surface area contributed by atoms with E-state index in [2.05, 4.69) is 5.73 Å². The monoisotopic (exact) mass is 461 g/mol. The van der Waals surface area contributed by atoms with Gasteiger partial charge in [-0.25, -0.2) is 0 Å². The van der Waals surface area contributed by atoms with E-state index in [9.17, 15) is 4.79 Å². The molecule has 0 aliphatic heterocycles. The Morgan fingerprint density at radius 2 is 0.944 bits per heavy atom. The molecule has 10 nitrogen and oxygen atoms in total. The molecule has 16 heteroatoms. The van der Waals surface area contributed by atoms with Crippen molar-refractivity contribution in [3.05, 3.63) is 0 Å². The van der Waals surface area contributed by atoms with Crippen molar-refractivity contribution in [1.82, 2.24) is 0 Å². The summed E-state index contributed by atoms with van der Waals surface area (Å²) in [7, 11) is 20.1. The Kier molecular flexibility index (Phi) is 174. The van der Waals surface area contributed by atoms with Gasteiger partial charge in [-0.3, -0.25) is 4.79 Å². The van der Waals surface area contributed by atoms with Crippen LogP contribution in [0.2, 0.25) is 0 Å². The summed E-state index contributed by atoms with van der Waals surface area (Å²) >= 11 is -3.29. The molecule has 0 heterocycles. The van der Waals surface area contributed by atoms with Gasteiger partial charge in [-0.05, 0) is 0 Å². The van der Waals surface area contributed by atoms with E-state index in [0.717, 1.165) is 0 Å². The molecule has 0 bridgehead atoms. The molecule has 17 N–H and O–H groups in total. The number of carboxylic acid groups (broad SMARTS) is 1. The van der Waals surface area contributed by atoms with Crippen LogP contribution in [0.5, 0.6) is 0 Å². The van der Waals surface area contributed by atoms with Crippen LogP contribution in [0, 0.1) is 0 Å². The van der Waals surface area contributed by atoms with Crippen LogP contribution in [0.3, 0.4) is 0 Å². The molecule has 0 atom stereocenters. The summed E-state index contributed by atoms with van der Waals surface area (Å²) in [5.74, 6) is -0.968. The van der Waals surface area contributed by atoms with Crippen LogP contribution in [0.1, 0.15) is 0 Å². The molecule has 0 rings (SSSR count). The quantitative estimate of drug-likeness (QED) is 0.360. The van der Waals surface area contributed by atoms with Crippen molar-refractivity contribution in [2.75, 3.05) is 6.54 Å². The Labute approximate surface area is 132 Å². The number of halogens is 4. The molecule has 0 aromatic carbocycles. The molecule has 0 aromatic rings. The molecule has 0 saturated heterocycles. The molecule has 0 amide bonds. The number of hydrogen-bond acceptors (Lipinski definition) is 2. The first-order valence-electron chi connectivity index (χ1n) is 1.95. The van der Waals surface area contributed by atoms with Crippen LogP contribution in [0.25, 0.3) is 0 Å². The van der Waals surface area contributed by atoms with Crippen molar-refractivity contribution >= 4 is 57.4 Å². The molecular formula is C2H22AlCl4NO9Zr. The summed E-state index contributed by atoms with van der Waals surface area (Å²) in [5.41, 5.74) is 4.57. The molecule has 0 spiro atoms. The van der Waals surface area contributed by atoms with E-state index in [1.165, 1.54) is 0 Å². The third-order valence-corrected chi connectivity index (χ3v) is 0.175. The van der Waals surface area contributed by atoms with Crippen LogP contribution in [-0.4, -0.2) is 73.3 Å². The van der Waals surface area contributed by atoms with Crippen LogP contribution < -0.4 is 5.73 Å². The Hall–Kier alpha value is 1.73. The number of aliphatic carboxylic acids is 1. The first-order valence-corrected chi connectivity index (χ1v) is 14.6. The minimum absolute atomic E-state index is 0. The molecular weight excluding hydrogens is 442 g/mol. The van der Waals surface area contributed by atoms with Gasteiger partial charge < -0.3 is 49.2 Å². The van der Waals surface area contributed by atoms with Gasteiger partial charge in [-0.2, -0.15) is 0 Å². The molecule has 0 saturated carbocycles. The maximum absolute atomic E-state index is 9.24. The summed E-state index contributed by atoms with van der Waals surface area (Å²) in [4.78, 5) is 9.24. The second-order valence-corrected chi connectivity index (χ2v) is 23.4. The van der Waals surface area contributed by atoms with Crippen LogP contribution in [-0.2, 0) is 20.3 Å². The van der Waals surface area contributed by atoms with Gasteiger partial charge in [0, 0.05) is 0 Å². The van der Waals surface area contributed by atoms with Gasteiger partial charge in [-0.1, -0.05) is 0 Å². The molecule has 0 aliphatic rings. The van der Waals surface area contributed by atoms with Gasteiger partial charge >= 0.3 is 55.5 Å². The van der Waals surface area contributed by atoms with E-state index in [0.29, 0.717) is 0 Å². The van der Waals surface area contributed by atoms with Gasteiger partial charge in [0.1, 0.15) is 0 Å². The standard InChI is InChI=1S/C2H5NO2.Al.4ClH.7H2O.Zr.3H/c3-1-2(4)5;;;;;;;;;;;;;;;;/h1,3H2,(H,4,5);;4*1H;7*1H2;;;;/q;;;;;;;;;;;;;+4;;;/p-4. The fourth-order valence-electron chi connectivity index (χ4n) is 0. The Bertz CT molecular complexity index is 113. The summed E-state index contributed by atoms with van der Waals surface area (Å²) in [6, 6.07) is 0. The zero-order chi connectivity index (χ0) is 8.78. The molecule has 124 valence electrons. The summed E-state index contributed by atoms with van der Waals surface area (Å²) in [6.45, 7) is -0.278. The summed E-state index contributed by atoms with van der Waals surface area (Å²) < 4.78 is 0. The van der Waals surface area contributed by atoms with E-state index < -0.39 is 21.5 Å². The SMILES string of the molecule is NCC(=O)O.O.O.O.O.O.O.O.[AlH3].[Cl][Zr]([Cl])([Cl])[Cl]. The topological polar surface area (TPSA) is 284 Å². The van der Waals surface area contributed by atoms with Crippen molar-refractivity contribution in [2.45, 2.75) is 0 Å². The average molecular weight is 464 g/mol. The molecule has 18 heavy (non-hydrogen) atoms. The first kappa shape index (κ1) is 73.1. The Morgan fingerprint density at radius 1 is 0.889 bits per heavy atom. The summed E-state index contributed by atoms with van der Waals surface area (Å²) in [5, 5.41) is 7.60. The van der Waals surface area contributed by atoms with Gasteiger partial charge in [0.2, 0.25) is 0 Å². The van der Waals surface area contributed by atoms with Crippen molar-refractivity contribution in [3.63, 3.8) is 0 Å². The van der Waals surface area contributed by atoms with E-state index in [4.69, 9.17) is 39.2 Å². The Balaban J connectivity index is -0.00000000615. The predicted octanol–water partition coefficient (Wildman–Crippen LogP) is -5.17. The van der Waals surface area contributed by atoms with Crippen molar-refractivity contribution in [2.24, 2.45) is 5.73 Å². The summed E-state index contributed by atoms with van der Waals surface area (Å²) in [6.07, 6.45) is 0. The third kappa shape index (κ3) is 357. The van der Waals surface area contributed by atoms with Crippen molar-refractivity contribution < 1.29 is 63.7 Å². The third-order valence-electron chi connectivity index (χ3n) is 0.175. The molecule has 0 fully saturated rings. The zero-order valence-corrected chi connectivity index (χ0v) is 13.6. The van der Waals surface area contributed by atoms with Gasteiger partial charge in [-0.15, -0.1) is 0 Å². The number of carbonyl (C=O) groups is 1. The van der Waals surface area contributed by atoms with Gasteiger partial charge in [0.05, 0.1) is 6.54 Å². The van der Waals surface area contributed by atoms with E-state index in [-0.39, 0.29) is 62.2 Å². The number of hydrogen-bond donors (Lipinski definition) is 2. The fraction of sp³-hybridized carbons (Fsp3) is 0.500. The maximum atomic E-state index is 9.24. The van der Waals surface area contributed by atoms with Crippen LogP contribution >= 0.6 is 34.1 Å². The van der Waals surface area contributed by atoms with E-state index >= 15 is 0 Å². The average Bonchev–Trinajstić information content (AvgIpc) is 1.61. The first-order chi connectivity index (χ1) is 4.27. The van der Waals surface area contributed by atoms with E-state index in [1.807, 2.05) is 0 Å². The normalized spacial score (nSPS) is 5.39. The predicted molar refractivity (Wildman–Crippen MR) is 75.3 cm³/mol. The number of nitrogens with two attached hydrogens (primary N) is 1. The molecule has 0 aliphatic carbocycles.